The number of hydrogen-bond donors (Lipinski definition) is 2. The van der Waals surface area contributed by atoms with Crippen molar-refractivity contribution in [2.45, 2.75) is 6.55 Å². The summed E-state index contributed by atoms with van der Waals surface area (Å²) < 4.78 is 0. The van der Waals surface area contributed by atoms with Crippen molar-refractivity contribution in [3.8, 4) is 0 Å². The van der Waals surface area contributed by atoms with E-state index >= 15 is 0 Å². The Labute approximate surface area is 116 Å². The van der Waals surface area contributed by atoms with E-state index in [2.05, 4.69) is 72.5 Å². The van der Waals surface area contributed by atoms with Crippen LogP contribution in [-0.2, 0) is 0 Å². The first-order valence-corrected chi connectivity index (χ1v) is 9.50. The van der Waals surface area contributed by atoms with E-state index in [1.807, 2.05) is 0 Å². The molecule has 0 spiro atoms. The average molecular weight is 270 g/mol. The van der Waals surface area contributed by atoms with Gasteiger partial charge in [0.2, 0.25) is 0 Å². The second-order valence-electron chi connectivity index (χ2n) is 5.03. The molecule has 0 saturated heterocycles. The van der Waals surface area contributed by atoms with E-state index in [0.717, 1.165) is 12.7 Å². The topological polar surface area (TPSA) is 38.0 Å². The van der Waals surface area contributed by atoms with Crippen molar-refractivity contribution in [2.24, 2.45) is 5.73 Å². The SMILES string of the molecule is C[Si](CNCCN)(c1ccccc1)c1ccccc1. The lowest BCUT2D eigenvalue weighted by molar-refractivity contribution is 0.771. The zero-order valence-electron chi connectivity index (χ0n) is 11.5. The van der Waals surface area contributed by atoms with Crippen LogP contribution in [0.15, 0.2) is 60.7 Å². The minimum atomic E-state index is -1.71. The van der Waals surface area contributed by atoms with Gasteiger partial charge < -0.3 is 11.1 Å². The van der Waals surface area contributed by atoms with E-state index in [1.165, 1.54) is 10.4 Å². The Morgan fingerprint density at radius 1 is 0.895 bits per heavy atom. The molecular formula is C16H22N2Si. The Balaban J connectivity index is 2.33. The molecule has 0 heterocycles. The number of nitrogens with one attached hydrogen (secondary N) is 1. The molecule has 19 heavy (non-hydrogen) atoms. The summed E-state index contributed by atoms with van der Waals surface area (Å²) in [4.78, 5) is 0. The van der Waals surface area contributed by atoms with Gasteiger partial charge in [-0.25, -0.2) is 0 Å². The van der Waals surface area contributed by atoms with Crippen molar-refractivity contribution in [2.75, 3.05) is 19.3 Å². The van der Waals surface area contributed by atoms with Crippen LogP contribution in [0.4, 0.5) is 0 Å². The summed E-state index contributed by atoms with van der Waals surface area (Å²) in [5.41, 5.74) is 5.59. The molecule has 0 atom stereocenters. The maximum Gasteiger partial charge on any atom is 0.128 e. The predicted molar refractivity (Wildman–Crippen MR) is 85.7 cm³/mol. The first-order valence-electron chi connectivity index (χ1n) is 6.79. The first-order chi connectivity index (χ1) is 9.27. The molecule has 100 valence electrons. The van der Waals surface area contributed by atoms with Crippen molar-refractivity contribution in [3.63, 3.8) is 0 Å². The number of nitrogens with two attached hydrogens (primary N) is 1. The Bertz CT molecular complexity index is 445. The molecule has 0 aliphatic carbocycles. The molecule has 0 aromatic heterocycles. The number of rotatable bonds is 6. The molecule has 2 nitrogen and oxygen atoms in total. The minimum absolute atomic E-state index is 0.689. The fourth-order valence-corrected chi connectivity index (χ4v) is 5.70. The Hall–Kier alpha value is -1.42. The Morgan fingerprint density at radius 2 is 1.37 bits per heavy atom. The zero-order chi connectivity index (χ0) is 13.6. The van der Waals surface area contributed by atoms with E-state index in [1.54, 1.807) is 0 Å². The second-order valence-corrected chi connectivity index (χ2v) is 9.20. The van der Waals surface area contributed by atoms with E-state index in [4.69, 9.17) is 5.73 Å². The third-order valence-electron chi connectivity index (χ3n) is 3.62. The molecule has 0 aliphatic heterocycles. The molecule has 0 radical (unpaired) electrons. The number of hydrogen-bond acceptors (Lipinski definition) is 2. The van der Waals surface area contributed by atoms with E-state index in [9.17, 15) is 0 Å². The van der Waals surface area contributed by atoms with Gasteiger partial charge in [-0.1, -0.05) is 77.6 Å². The molecule has 0 aliphatic rings. The van der Waals surface area contributed by atoms with Crippen LogP contribution in [0.25, 0.3) is 0 Å². The van der Waals surface area contributed by atoms with Crippen LogP contribution in [0.5, 0.6) is 0 Å². The molecule has 0 unspecified atom stereocenters. The maximum atomic E-state index is 5.59. The molecule has 3 N–H and O–H groups in total. The van der Waals surface area contributed by atoms with Gasteiger partial charge in [-0.05, 0) is 6.17 Å². The molecular weight excluding hydrogens is 248 g/mol. The standard InChI is InChI=1S/C16H22N2Si/c1-19(14-18-13-12-17,15-8-4-2-5-9-15)16-10-6-3-7-11-16/h2-11,18H,12-14,17H2,1H3. The van der Waals surface area contributed by atoms with E-state index in [-0.39, 0.29) is 0 Å². The van der Waals surface area contributed by atoms with Crippen molar-refractivity contribution in [1.29, 1.82) is 0 Å². The first kappa shape index (κ1) is 14.0. The highest BCUT2D eigenvalue weighted by Gasteiger charge is 2.30. The van der Waals surface area contributed by atoms with Crippen molar-refractivity contribution in [3.05, 3.63) is 60.7 Å². The maximum absolute atomic E-state index is 5.59. The van der Waals surface area contributed by atoms with Gasteiger partial charge in [0, 0.05) is 13.1 Å². The van der Waals surface area contributed by atoms with Crippen molar-refractivity contribution < 1.29 is 0 Å². The van der Waals surface area contributed by atoms with Gasteiger partial charge in [0.15, 0.2) is 0 Å². The normalized spacial score (nSPS) is 11.5. The lowest BCUT2D eigenvalue weighted by atomic mass is 10.4. The van der Waals surface area contributed by atoms with Gasteiger partial charge in [-0.3, -0.25) is 0 Å². The summed E-state index contributed by atoms with van der Waals surface area (Å²) in [6.45, 7) is 3.98. The molecule has 3 heteroatoms. The van der Waals surface area contributed by atoms with Gasteiger partial charge in [0.1, 0.15) is 8.07 Å². The summed E-state index contributed by atoms with van der Waals surface area (Å²) in [7, 11) is -1.71. The van der Waals surface area contributed by atoms with Crippen LogP contribution in [0, 0.1) is 0 Å². The summed E-state index contributed by atoms with van der Waals surface area (Å²) in [5.74, 6) is 0. The van der Waals surface area contributed by atoms with Crippen LogP contribution in [0.2, 0.25) is 6.55 Å². The fourth-order valence-electron chi connectivity index (χ4n) is 2.42. The van der Waals surface area contributed by atoms with Gasteiger partial charge >= 0.3 is 0 Å². The molecule has 2 aromatic rings. The Morgan fingerprint density at radius 3 is 1.79 bits per heavy atom. The van der Waals surface area contributed by atoms with Crippen molar-refractivity contribution in [1.82, 2.24) is 5.32 Å². The highest BCUT2D eigenvalue weighted by Crippen LogP contribution is 2.04. The molecule has 0 saturated carbocycles. The predicted octanol–water partition coefficient (Wildman–Crippen LogP) is 0.967. The highest BCUT2D eigenvalue weighted by atomic mass is 28.3. The summed E-state index contributed by atoms with van der Waals surface area (Å²) >= 11 is 0. The van der Waals surface area contributed by atoms with Crippen LogP contribution < -0.4 is 21.4 Å². The lowest BCUT2D eigenvalue weighted by Gasteiger charge is -2.29. The fraction of sp³-hybridized carbons (Fsp3) is 0.250. The van der Waals surface area contributed by atoms with Gasteiger partial charge in [0.05, 0.1) is 0 Å². The quantitative estimate of drug-likeness (QED) is 0.606. The smallest absolute Gasteiger partial charge is 0.128 e. The van der Waals surface area contributed by atoms with Crippen LogP contribution in [0.1, 0.15) is 0 Å². The van der Waals surface area contributed by atoms with Gasteiger partial charge in [0.25, 0.3) is 0 Å². The summed E-state index contributed by atoms with van der Waals surface area (Å²) in [6.07, 6.45) is 1.03. The van der Waals surface area contributed by atoms with Crippen LogP contribution >= 0.6 is 0 Å². The minimum Gasteiger partial charge on any atom is -0.329 e. The monoisotopic (exact) mass is 270 g/mol. The third kappa shape index (κ3) is 3.32. The van der Waals surface area contributed by atoms with Gasteiger partial charge in [-0.15, -0.1) is 0 Å². The molecule has 0 fully saturated rings. The molecule has 0 bridgehead atoms. The molecule has 0 amide bonds. The second kappa shape index (κ2) is 6.66. The summed E-state index contributed by atoms with van der Waals surface area (Å²) in [6, 6.07) is 21.7. The highest BCUT2D eigenvalue weighted by molar-refractivity contribution is 7.01. The molecule has 2 rings (SSSR count). The third-order valence-corrected chi connectivity index (χ3v) is 7.79. The molecule has 2 aromatic carbocycles. The lowest BCUT2D eigenvalue weighted by Crippen LogP contribution is -2.62. The van der Waals surface area contributed by atoms with Gasteiger partial charge in [-0.2, -0.15) is 0 Å². The van der Waals surface area contributed by atoms with E-state index < -0.39 is 8.07 Å². The largest absolute Gasteiger partial charge is 0.329 e. The Kier molecular flexibility index (Phi) is 4.91. The van der Waals surface area contributed by atoms with E-state index in [0.29, 0.717) is 6.54 Å². The van der Waals surface area contributed by atoms with Crippen molar-refractivity contribution >= 4 is 18.4 Å². The summed E-state index contributed by atoms with van der Waals surface area (Å²) in [5, 5.41) is 6.44. The average Bonchev–Trinajstić information content (AvgIpc) is 2.49. The number of benzene rings is 2. The zero-order valence-corrected chi connectivity index (χ0v) is 12.5. The van der Waals surface area contributed by atoms with Crippen LogP contribution in [0.3, 0.4) is 0 Å². The van der Waals surface area contributed by atoms with Crippen LogP contribution in [-0.4, -0.2) is 27.3 Å².